The first-order valence-corrected chi connectivity index (χ1v) is 6.78. The van der Waals surface area contributed by atoms with Crippen molar-refractivity contribution in [3.05, 3.63) is 40.2 Å². The number of benzene rings is 1. The number of thiophene rings is 1. The maximum atomic E-state index is 9.61. The molecule has 2 heterocycles. The third-order valence-corrected chi connectivity index (χ3v) is 3.96. The minimum atomic E-state index is 0.155. The second-order valence-electron chi connectivity index (χ2n) is 3.54. The molecule has 3 aromatic rings. The molecule has 0 atom stereocenters. The van der Waals surface area contributed by atoms with Crippen LogP contribution in [0, 0.1) is 0 Å². The van der Waals surface area contributed by atoms with Gasteiger partial charge in [-0.2, -0.15) is 4.98 Å². The van der Waals surface area contributed by atoms with Crippen LogP contribution in [0.4, 0.5) is 0 Å². The van der Waals surface area contributed by atoms with Crippen LogP contribution in [0.5, 0.6) is 5.75 Å². The average Bonchev–Trinajstić information content (AvgIpc) is 2.98. The molecule has 1 N–H and O–H groups in total. The summed E-state index contributed by atoms with van der Waals surface area (Å²) >= 11 is 4.79. The molecule has 0 saturated carbocycles. The number of rotatable bonds is 2. The maximum Gasteiger partial charge on any atom is 0.272 e. The van der Waals surface area contributed by atoms with Crippen LogP contribution in [0.2, 0.25) is 0 Å². The third kappa shape index (κ3) is 1.93. The molecular weight excluding hydrogens is 316 g/mol. The zero-order chi connectivity index (χ0) is 12.5. The summed E-state index contributed by atoms with van der Waals surface area (Å²) in [6, 6.07) is 9.22. The number of halogens is 1. The highest BCUT2D eigenvalue weighted by Crippen LogP contribution is 2.35. The second kappa shape index (κ2) is 4.55. The van der Waals surface area contributed by atoms with E-state index in [9.17, 15) is 5.11 Å². The Balaban J connectivity index is 2.05. The maximum absolute atomic E-state index is 9.61. The predicted octanol–water partition coefficient (Wildman–Crippen LogP) is 3.93. The number of hydrogen-bond donors (Lipinski definition) is 1. The van der Waals surface area contributed by atoms with Crippen molar-refractivity contribution in [2.75, 3.05) is 0 Å². The van der Waals surface area contributed by atoms with Gasteiger partial charge in [0.25, 0.3) is 5.89 Å². The summed E-state index contributed by atoms with van der Waals surface area (Å²) in [5, 5.41) is 15.3. The first kappa shape index (κ1) is 11.4. The van der Waals surface area contributed by atoms with E-state index in [-0.39, 0.29) is 5.75 Å². The highest BCUT2D eigenvalue weighted by atomic mass is 79.9. The predicted molar refractivity (Wildman–Crippen MR) is 72.4 cm³/mol. The molecule has 3 rings (SSSR count). The van der Waals surface area contributed by atoms with E-state index in [2.05, 4.69) is 26.1 Å². The van der Waals surface area contributed by atoms with Gasteiger partial charge in [0.05, 0.1) is 0 Å². The fraction of sp³-hybridized carbons (Fsp3) is 0. The van der Waals surface area contributed by atoms with E-state index in [0.717, 1.165) is 10.0 Å². The Morgan fingerprint density at radius 2 is 2.06 bits per heavy atom. The smallest absolute Gasteiger partial charge is 0.272 e. The first-order valence-electron chi connectivity index (χ1n) is 5.11. The van der Waals surface area contributed by atoms with Crippen LogP contribution in [0.3, 0.4) is 0 Å². The molecule has 4 nitrogen and oxygen atoms in total. The fourth-order valence-corrected chi connectivity index (χ4v) is 2.70. The van der Waals surface area contributed by atoms with E-state index in [4.69, 9.17) is 4.52 Å². The zero-order valence-electron chi connectivity index (χ0n) is 9.00. The standard InChI is InChI=1S/C12H7BrN2O2S/c13-8-4-2-1-3-7(8)11-14-12(17-15-11)10-9(16)5-6-18-10/h1-6,16H. The lowest BCUT2D eigenvalue weighted by Gasteiger charge is -1.96. The summed E-state index contributed by atoms with van der Waals surface area (Å²) in [7, 11) is 0. The van der Waals surface area contributed by atoms with Crippen molar-refractivity contribution in [1.29, 1.82) is 0 Å². The average molecular weight is 323 g/mol. The van der Waals surface area contributed by atoms with Gasteiger partial charge >= 0.3 is 0 Å². The summed E-state index contributed by atoms with van der Waals surface area (Å²) in [6.07, 6.45) is 0. The third-order valence-electron chi connectivity index (χ3n) is 2.38. The minimum absolute atomic E-state index is 0.155. The van der Waals surface area contributed by atoms with Crippen molar-refractivity contribution in [2.45, 2.75) is 0 Å². The van der Waals surface area contributed by atoms with Crippen molar-refractivity contribution < 1.29 is 9.63 Å². The van der Waals surface area contributed by atoms with Gasteiger partial charge in [-0.3, -0.25) is 0 Å². The summed E-state index contributed by atoms with van der Waals surface area (Å²) in [5.41, 5.74) is 0.851. The first-order chi connectivity index (χ1) is 8.75. The molecule has 0 spiro atoms. The fourth-order valence-electron chi connectivity index (χ4n) is 1.53. The van der Waals surface area contributed by atoms with Crippen LogP contribution in [0.15, 0.2) is 44.7 Å². The number of nitrogens with zero attached hydrogens (tertiary/aromatic N) is 2. The summed E-state index contributed by atoms with van der Waals surface area (Å²) in [5.74, 6) is 0.973. The van der Waals surface area contributed by atoms with Gasteiger partial charge in [-0.25, -0.2) is 0 Å². The lowest BCUT2D eigenvalue weighted by molar-refractivity contribution is 0.427. The molecule has 2 aromatic heterocycles. The minimum Gasteiger partial charge on any atom is -0.506 e. The Kier molecular flexibility index (Phi) is 2.89. The topological polar surface area (TPSA) is 59.2 Å². The molecule has 0 fully saturated rings. The molecule has 0 bridgehead atoms. The molecule has 0 aliphatic heterocycles. The van der Waals surface area contributed by atoms with Gasteiger partial charge in [0.1, 0.15) is 10.6 Å². The van der Waals surface area contributed by atoms with Crippen LogP contribution in [0.25, 0.3) is 22.2 Å². The highest BCUT2D eigenvalue weighted by Gasteiger charge is 2.16. The molecule has 90 valence electrons. The van der Waals surface area contributed by atoms with E-state index < -0.39 is 0 Å². The van der Waals surface area contributed by atoms with Crippen LogP contribution in [-0.4, -0.2) is 15.2 Å². The lowest BCUT2D eigenvalue weighted by atomic mass is 10.2. The number of aromatic nitrogens is 2. The van der Waals surface area contributed by atoms with Gasteiger partial charge in [0.15, 0.2) is 0 Å². The van der Waals surface area contributed by atoms with Gasteiger partial charge in [-0.1, -0.05) is 33.2 Å². The normalized spacial score (nSPS) is 10.7. The Morgan fingerprint density at radius 1 is 1.22 bits per heavy atom. The highest BCUT2D eigenvalue weighted by molar-refractivity contribution is 9.10. The van der Waals surface area contributed by atoms with Gasteiger partial charge in [0.2, 0.25) is 5.82 Å². The van der Waals surface area contributed by atoms with Crippen LogP contribution >= 0.6 is 27.3 Å². The van der Waals surface area contributed by atoms with Crippen molar-refractivity contribution in [3.8, 4) is 27.9 Å². The van der Waals surface area contributed by atoms with Crippen molar-refractivity contribution in [3.63, 3.8) is 0 Å². The second-order valence-corrected chi connectivity index (χ2v) is 5.31. The largest absolute Gasteiger partial charge is 0.506 e. The van der Waals surface area contributed by atoms with Gasteiger partial charge in [-0.15, -0.1) is 11.3 Å². The quantitative estimate of drug-likeness (QED) is 0.776. The van der Waals surface area contributed by atoms with Crippen molar-refractivity contribution >= 4 is 27.3 Å². The molecule has 6 heteroatoms. The Morgan fingerprint density at radius 3 is 2.78 bits per heavy atom. The lowest BCUT2D eigenvalue weighted by Crippen LogP contribution is -1.81. The molecule has 1 aromatic carbocycles. The molecule has 0 radical (unpaired) electrons. The zero-order valence-corrected chi connectivity index (χ0v) is 11.4. The van der Waals surface area contributed by atoms with Crippen LogP contribution in [0.1, 0.15) is 0 Å². The summed E-state index contributed by atoms with van der Waals surface area (Å²) < 4.78 is 6.06. The number of aromatic hydroxyl groups is 1. The van der Waals surface area contributed by atoms with Crippen molar-refractivity contribution in [1.82, 2.24) is 10.1 Å². The van der Waals surface area contributed by atoms with Crippen molar-refractivity contribution in [2.24, 2.45) is 0 Å². The van der Waals surface area contributed by atoms with Gasteiger partial charge in [0, 0.05) is 10.0 Å². The van der Waals surface area contributed by atoms with E-state index in [0.29, 0.717) is 16.6 Å². The van der Waals surface area contributed by atoms with E-state index >= 15 is 0 Å². The molecular formula is C12H7BrN2O2S. The van der Waals surface area contributed by atoms with Gasteiger partial charge < -0.3 is 9.63 Å². The summed E-state index contributed by atoms with van der Waals surface area (Å²) in [4.78, 5) is 4.87. The Labute approximate surface area is 115 Å². The molecule has 18 heavy (non-hydrogen) atoms. The molecule has 0 unspecified atom stereocenters. The molecule has 0 aliphatic carbocycles. The Bertz CT molecular complexity index is 693. The number of hydrogen-bond acceptors (Lipinski definition) is 5. The summed E-state index contributed by atoms with van der Waals surface area (Å²) in [6.45, 7) is 0. The molecule has 0 saturated heterocycles. The Hall–Kier alpha value is -1.66. The van der Waals surface area contributed by atoms with E-state index in [1.165, 1.54) is 11.3 Å². The molecule has 0 amide bonds. The van der Waals surface area contributed by atoms with Gasteiger partial charge in [-0.05, 0) is 23.6 Å². The van der Waals surface area contributed by atoms with Crippen LogP contribution < -0.4 is 0 Å². The monoisotopic (exact) mass is 322 g/mol. The van der Waals surface area contributed by atoms with Crippen LogP contribution in [-0.2, 0) is 0 Å². The molecule has 0 aliphatic rings. The SMILES string of the molecule is Oc1ccsc1-c1nc(-c2ccccc2Br)no1. The van der Waals surface area contributed by atoms with E-state index in [1.54, 1.807) is 11.4 Å². The van der Waals surface area contributed by atoms with E-state index in [1.807, 2.05) is 24.3 Å².